The number of hydrogen-bond acceptors (Lipinski definition) is 3. The second kappa shape index (κ2) is 5.25. The zero-order chi connectivity index (χ0) is 14.1. The molecule has 0 unspecified atom stereocenters. The second-order valence-corrected chi connectivity index (χ2v) is 4.86. The predicted octanol–water partition coefficient (Wildman–Crippen LogP) is 2.67. The first-order chi connectivity index (χ1) is 9.66. The Bertz CT molecular complexity index is 590. The van der Waals surface area contributed by atoms with Crippen LogP contribution in [0, 0.1) is 11.6 Å². The molecular weight excluding hydrogens is 264 g/mol. The number of halogens is 2. The molecule has 5 heteroatoms. The summed E-state index contributed by atoms with van der Waals surface area (Å²) in [5.41, 5.74) is 2.17. The summed E-state index contributed by atoms with van der Waals surface area (Å²) in [6, 6.07) is 2.43. The molecule has 0 bridgehead atoms. The topological polar surface area (TPSA) is 32.7 Å². The third-order valence-electron chi connectivity index (χ3n) is 3.65. The number of benzene rings is 1. The highest BCUT2D eigenvalue weighted by Crippen LogP contribution is 2.35. The minimum atomic E-state index is -1.20. The fraction of sp³-hybridized carbons (Fsp3) is 0.333. The molecule has 1 N–H and O–H groups in total. The van der Waals surface area contributed by atoms with Gasteiger partial charge in [0.2, 0.25) is 5.82 Å². The van der Waals surface area contributed by atoms with E-state index in [1.54, 1.807) is 0 Å². The second-order valence-electron chi connectivity index (χ2n) is 4.86. The van der Waals surface area contributed by atoms with E-state index < -0.39 is 17.4 Å². The zero-order valence-electron chi connectivity index (χ0n) is 10.9. The third kappa shape index (κ3) is 2.29. The van der Waals surface area contributed by atoms with Crippen molar-refractivity contribution in [1.82, 2.24) is 4.90 Å². The van der Waals surface area contributed by atoms with E-state index in [0.717, 1.165) is 36.8 Å². The molecule has 1 saturated heterocycles. The number of allylic oxidation sites excluding steroid dienone is 3. The molecule has 1 heterocycles. The van der Waals surface area contributed by atoms with E-state index in [1.807, 2.05) is 12.2 Å². The number of hydrogen-bond donors (Lipinski definition) is 1. The SMILES string of the molecule is Oc1c(C2=CCC(N3CCOCC3)=C2)ccc(F)c1F. The van der Waals surface area contributed by atoms with Crippen LogP contribution in [0.1, 0.15) is 12.0 Å². The Labute approximate surface area is 115 Å². The Morgan fingerprint density at radius 2 is 1.90 bits per heavy atom. The molecule has 20 heavy (non-hydrogen) atoms. The molecule has 1 aromatic carbocycles. The van der Waals surface area contributed by atoms with Gasteiger partial charge >= 0.3 is 0 Å². The first-order valence-electron chi connectivity index (χ1n) is 6.57. The van der Waals surface area contributed by atoms with Crippen LogP contribution in [0.5, 0.6) is 5.75 Å². The van der Waals surface area contributed by atoms with Gasteiger partial charge in [0.05, 0.1) is 13.2 Å². The first-order valence-corrected chi connectivity index (χ1v) is 6.57. The summed E-state index contributed by atoms with van der Waals surface area (Å²) in [7, 11) is 0. The van der Waals surface area contributed by atoms with Crippen molar-refractivity contribution in [3.05, 3.63) is 47.2 Å². The van der Waals surface area contributed by atoms with E-state index in [4.69, 9.17) is 4.74 Å². The number of morpholine rings is 1. The molecule has 0 radical (unpaired) electrons. The standard InChI is InChI=1S/C15H15F2NO2/c16-13-4-3-12(15(19)14(13)17)10-1-2-11(9-10)18-5-7-20-8-6-18/h1,3-4,9,19H,2,5-8H2. The van der Waals surface area contributed by atoms with E-state index in [2.05, 4.69) is 4.90 Å². The maximum atomic E-state index is 13.4. The third-order valence-corrected chi connectivity index (χ3v) is 3.65. The Balaban J connectivity index is 1.85. The van der Waals surface area contributed by atoms with Crippen molar-refractivity contribution >= 4 is 5.57 Å². The van der Waals surface area contributed by atoms with Crippen molar-refractivity contribution in [2.75, 3.05) is 26.3 Å². The number of aromatic hydroxyl groups is 1. The van der Waals surface area contributed by atoms with Crippen LogP contribution in [0.2, 0.25) is 0 Å². The Morgan fingerprint density at radius 1 is 1.15 bits per heavy atom. The van der Waals surface area contributed by atoms with Crippen molar-refractivity contribution in [3.63, 3.8) is 0 Å². The summed E-state index contributed by atoms with van der Waals surface area (Å²) in [4.78, 5) is 2.21. The largest absolute Gasteiger partial charge is 0.504 e. The summed E-state index contributed by atoms with van der Waals surface area (Å²) in [6.45, 7) is 3.06. The van der Waals surface area contributed by atoms with E-state index in [1.165, 1.54) is 6.07 Å². The molecule has 3 rings (SSSR count). The van der Waals surface area contributed by atoms with E-state index in [-0.39, 0.29) is 0 Å². The van der Waals surface area contributed by atoms with Gasteiger partial charge in [-0.05, 0) is 23.8 Å². The lowest BCUT2D eigenvalue weighted by atomic mass is 10.1. The lowest BCUT2D eigenvalue weighted by Gasteiger charge is -2.29. The Morgan fingerprint density at radius 3 is 2.65 bits per heavy atom. The Kier molecular flexibility index (Phi) is 3.44. The molecule has 3 nitrogen and oxygen atoms in total. The smallest absolute Gasteiger partial charge is 0.200 e. The van der Waals surface area contributed by atoms with Gasteiger partial charge in [-0.3, -0.25) is 0 Å². The lowest BCUT2D eigenvalue weighted by Crippen LogP contribution is -2.35. The summed E-state index contributed by atoms with van der Waals surface area (Å²) < 4.78 is 31.7. The van der Waals surface area contributed by atoms with Gasteiger partial charge < -0.3 is 14.7 Å². The van der Waals surface area contributed by atoms with Gasteiger partial charge in [-0.1, -0.05) is 6.08 Å². The van der Waals surface area contributed by atoms with Crippen LogP contribution in [0.15, 0.2) is 30.0 Å². The molecule has 106 valence electrons. The molecule has 0 atom stereocenters. The molecule has 0 amide bonds. The van der Waals surface area contributed by atoms with Gasteiger partial charge in [0.1, 0.15) is 0 Å². The van der Waals surface area contributed by atoms with Crippen LogP contribution < -0.4 is 0 Å². The molecule has 0 spiro atoms. The fourth-order valence-corrected chi connectivity index (χ4v) is 2.54. The average molecular weight is 279 g/mol. The van der Waals surface area contributed by atoms with Crippen LogP contribution in [0.3, 0.4) is 0 Å². The fourth-order valence-electron chi connectivity index (χ4n) is 2.54. The molecular formula is C15H15F2NO2. The quantitative estimate of drug-likeness (QED) is 0.903. The van der Waals surface area contributed by atoms with Crippen LogP contribution in [-0.2, 0) is 4.74 Å². The first kappa shape index (κ1) is 13.1. The van der Waals surface area contributed by atoms with E-state index >= 15 is 0 Å². The van der Waals surface area contributed by atoms with Crippen LogP contribution >= 0.6 is 0 Å². The van der Waals surface area contributed by atoms with Crippen molar-refractivity contribution < 1.29 is 18.6 Å². The van der Waals surface area contributed by atoms with Crippen LogP contribution in [-0.4, -0.2) is 36.3 Å². The molecule has 1 fully saturated rings. The maximum Gasteiger partial charge on any atom is 0.200 e. The molecule has 0 aromatic heterocycles. The van der Waals surface area contributed by atoms with Gasteiger partial charge in [-0.25, -0.2) is 4.39 Å². The van der Waals surface area contributed by atoms with Gasteiger partial charge in [0, 0.05) is 30.8 Å². The van der Waals surface area contributed by atoms with Crippen molar-refractivity contribution in [1.29, 1.82) is 0 Å². The van der Waals surface area contributed by atoms with Gasteiger partial charge in [0.15, 0.2) is 11.6 Å². The van der Waals surface area contributed by atoms with Crippen molar-refractivity contribution in [2.24, 2.45) is 0 Å². The number of ether oxygens (including phenoxy) is 1. The number of phenols is 1. The molecule has 1 aromatic rings. The molecule has 1 aliphatic carbocycles. The minimum Gasteiger partial charge on any atom is -0.504 e. The van der Waals surface area contributed by atoms with Gasteiger partial charge in [-0.15, -0.1) is 0 Å². The molecule has 2 aliphatic rings. The van der Waals surface area contributed by atoms with Crippen LogP contribution in [0.4, 0.5) is 8.78 Å². The maximum absolute atomic E-state index is 13.4. The molecule has 0 saturated carbocycles. The Hall–Kier alpha value is -1.88. The highest BCUT2D eigenvalue weighted by Gasteiger charge is 2.20. The number of phenolic OH excluding ortho intramolecular Hbond substituents is 1. The zero-order valence-corrected chi connectivity index (χ0v) is 10.9. The normalized spacial score (nSPS) is 19.0. The van der Waals surface area contributed by atoms with Gasteiger partial charge in [-0.2, -0.15) is 4.39 Å². The monoisotopic (exact) mass is 279 g/mol. The lowest BCUT2D eigenvalue weighted by molar-refractivity contribution is 0.0530. The highest BCUT2D eigenvalue weighted by atomic mass is 19.2. The highest BCUT2D eigenvalue weighted by molar-refractivity contribution is 5.80. The van der Waals surface area contributed by atoms with Crippen molar-refractivity contribution in [2.45, 2.75) is 6.42 Å². The van der Waals surface area contributed by atoms with Crippen LogP contribution in [0.25, 0.3) is 5.57 Å². The summed E-state index contributed by atoms with van der Waals surface area (Å²) >= 11 is 0. The summed E-state index contributed by atoms with van der Waals surface area (Å²) in [6.07, 6.45) is 4.56. The number of rotatable bonds is 2. The minimum absolute atomic E-state index is 0.326. The predicted molar refractivity (Wildman–Crippen MR) is 71.1 cm³/mol. The summed E-state index contributed by atoms with van der Waals surface area (Å²) in [5.74, 6) is -2.87. The molecule has 1 aliphatic heterocycles. The van der Waals surface area contributed by atoms with E-state index in [0.29, 0.717) is 18.8 Å². The average Bonchev–Trinajstić information content (AvgIpc) is 2.95. The number of nitrogens with zero attached hydrogens (tertiary/aromatic N) is 1. The van der Waals surface area contributed by atoms with E-state index in [9.17, 15) is 13.9 Å². The summed E-state index contributed by atoms with van der Waals surface area (Å²) in [5, 5.41) is 9.72. The van der Waals surface area contributed by atoms with Gasteiger partial charge in [0.25, 0.3) is 0 Å². The van der Waals surface area contributed by atoms with Crippen molar-refractivity contribution in [3.8, 4) is 5.75 Å².